The molecule has 30 heavy (non-hydrogen) atoms. The topological polar surface area (TPSA) is 72.9 Å². The number of nitrogens with zero attached hydrogens (tertiary/aromatic N) is 6. The summed E-state index contributed by atoms with van der Waals surface area (Å²) in [5.41, 5.74) is 3.31. The van der Waals surface area contributed by atoms with Crippen molar-refractivity contribution in [2.24, 2.45) is 0 Å². The molecule has 0 atom stereocenters. The second-order valence-corrected chi connectivity index (χ2v) is 7.26. The first-order valence-electron chi connectivity index (χ1n) is 9.41. The number of hydrogen-bond donors (Lipinski definition) is 1. The highest BCUT2D eigenvalue weighted by atomic mass is 19.4. The van der Waals surface area contributed by atoms with Crippen LogP contribution in [0.25, 0.3) is 11.5 Å². The highest BCUT2D eigenvalue weighted by molar-refractivity contribution is 5.46. The summed E-state index contributed by atoms with van der Waals surface area (Å²) in [6, 6.07) is 11.4. The van der Waals surface area contributed by atoms with Crippen LogP contribution in [0.4, 0.5) is 19.0 Å². The van der Waals surface area contributed by atoms with Crippen LogP contribution in [0.3, 0.4) is 0 Å². The Morgan fingerprint density at radius 1 is 1.07 bits per heavy atom. The van der Waals surface area contributed by atoms with E-state index in [4.69, 9.17) is 0 Å². The summed E-state index contributed by atoms with van der Waals surface area (Å²) in [6.45, 7) is 6.15. The third kappa shape index (κ3) is 3.85. The van der Waals surface area contributed by atoms with Crippen LogP contribution in [0.1, 0.15) is 42.5 Å². The Morgan fingerprint density at radius 2 is 1.80 bits per heavy atom. The molecule has 0 aliphatic carbocycles. The molecule has 156 valence electrons. The average molecular weight is 415 g/mol. The molecule has 0 aliphatic rings. The van der Waals surface area contributed by atoms with Crippen LogP contribution in [-0.4, -0.2) is 29.4 Å². The first-order valence-corrected chi connectivity index (χ1v) is 9.41. The Bertz CT molecular complexity index is 1180. The van der Waals surface area contributed by atoms with E-state index in [1.165, 1.54) is 0 Å². The van der Waals surface area contributed by atoms with Gasteiger partial charge >= 0.3 is 6.18 Å². The number of hydrogen-bond acceptors (Lipinski definition) is 5. The highest BCUT2D eigenvalue weighted by Gasteiger charge is 2.36. The van der Waals surface area contributed by atoms with Crippen LogP contribution in [0, 0.1) is 6.92 Å². The molecule has 0 bridgehead atoms. The maximum absolute atomic E-state index is 13.0. The SMILES string of the molecule is Cc1cc(NCc2cn(-c3ccccc3)nc2C(C)C)n2nc(C(F)(F)F)nc2n1. The van der Waals surface area contributed by atoms with Crippen molar-refractivity contribution < 1.29 is 13.2 Å². The van der Waals surface area contributed by atoms with Crippen LogP contribution in [-0.2, 0) is 12.7 Å². The predicted octanol–water partition coefficient (Wildman–Crippen LogP) is 4.37. The maximum atomic E-state index is 13.0. The van der Waals surface area contributed by atoms with E-state index in [1.807, 2.05) is 50.4 Å². The van der Waals surface area contributed by atoms with Crippen molar-refractivity contribution in [2.45, 2.75) is 39.4 Å². The molecule has 0 saturated heterocycles. The molecular formula is C20H20F3N7. The third-order valence-corrected chi connectivity index (χ3v) is 4.54. The Hall–Kier alpha value is -3.43. The molecule has 3 aromatic heterocycles. The minimum absolute atomic E-state index is 0.103. The van der Waals surface area contributed by atoms with Gasteiger partial charge in [0.05, 0.1) is 11.4 Å². The number of aryl methyl sites for hydroxylation is 1. The lowest BCUT2D eigenvalue weighted by Gasteiger charge is -2.09. The van der Waals surface area contributed by atoms with Crippen molar-refractivity contribution in [3.63, 3.8) is 0 Å². The van der Waals surface area contributed by atoms with Crippen molar-refractivity contribution in [3.8, 4) is 5.69 Å². The molecule has 3 heterocycles. The van der Waals surface area contributed by atoms with Crippen molar-refractivity contribution in [2.75, 3.05) is 5.32 Å². The number of benzene rings is 1. The molecule has 0 spiro atoms. The van der Waals surface area contributed by atoms with Crippen LogP contribution in [0.15, 0.2) is 42.6 Å². The standard InChI is InChI=1S/C20H20F3N7/c1-12(2)17-14(11-29(27-17)15-7-5-4-6-8-15)10-24-16-9-13(3)25-19-26-18(20(21,22)23)28-30(16)19/h4-9,11-12,24H,10H2,1-3H3. The van der Waals surface area contributed by atoms with E-state index in [9.17, 15) is 13.2 Å². The molecule has 1 aromatic carbocycles. The van der Waals surface area contributed by atoms with Gasteiger partial charge in [0, 0.05) is 30.1 Å². The zero-order valence-electron chi connectivity index (χ0n) is 16.6. The first kappa shape index (κ1) is 19.9. The van der Waals surface area contributed by atoms with Crippen molar-refractivity contribution in [3.05, 3.63) is 65.4 Å². The van der Waals surface area contributed by atoms with E-state index in [0.717, 1.165) is 21.5 Å². The summed E-state index contributed by atoms with van der Waals surface area (Å²) >= 11 is 0. The Morgan fingerprint density at radius 3 is 2.47 bits per heavy atom. The second-order valence-electron chi connectivity index (χ2n) is 7.26. The summed E-state index contributed by atoms with van der Waals surface area (Å²) in [6.07, 6.45) is -2.72. The molecule has 0 fully saturated rings. The molecule has 10 heteroatoms. The minimum Gasteiger partial charge on any atom is -0.366 e. The van der Waals surface area contributed by atoms with Crippen LogP contribution >= 0.6 is 0 Å². The lowest BCUT2D eigenvalue weighted by Crippen LogP contribution is -2.10. The average Bonchev–Trinajstić information content (AvgIpc) is 3.31. The summed E-state index contributed by atoms with van der Waals surface area (Å²) in [5, 5.41) is 11.4. The molecule has 0 saturated carbocycles. The fourth-order valence-electron chi connectivity index (χ4n) is 3.18. The summed E-state index contributed by atoms with van der Waals surface area (Å²) < 4.78 is 41.9. The third-order valence-electron chi connectivity index (χ3n) is 4.54. The van der Waals surface area contributed by atoms with Gasteiger partial charge in [0.2, 0.25) is 0 Å². The number of halogens is 3. The van der Waals surface area contributed by atoms with Gasteiger partial charge in [0.25, 0.3) is 11.6 Å². The first-order chi connectivity index (χ1) is 14.2. The van der Waals surface area contributed by atoms with Gasteiger partial charge in [-0.3, -0.25) is 0 Å². The molecule has 1 N–H and O–H groups in total. The van der Waals surface area contributed by atoms with Gasteiger partial charge in [-0.25, -0.2) is 9.67 Å². The summed E-state index contributed by atoms with van der Waals surface area (Å²) in [7, 11) is 0. The molecule has 7 nitrogen and oxygen atoms in total. The summed E-state index contributed by atoms with van der Waals surface area (Å²) in [4.78, 5) is 7.56. The number of fused-ring (bicyclic) bond motifs is 1. The quantitative estimate of drug-likeness (QED) is 0.524. The van der Waals surface area contributed by atoms with E-state index in [1.54, 1.807) is 17.7 Å². The van der Waals surface area contributed by atoms with E-state index in [0.29, 0.717) is 18.1 Å². The zero-order chi connectivity index (χ0) is 21.5. The number of alkyl halides is 3. The number of aromatic nitrogens is 6. The second kappa shape index (κ2) is 7.43. The number of rotatable bonds is 5. The molecule has 4 rings (SSSR count). The van der Waals surface area contributed by atoms with Gasteiger partial charge in [-0.15, -0.1) is 5.10 Å². The molecule has 0 unspecified atom stereocenters. The number of para-hydroxylation sites is 1. The maximum Gasteiger partial charge on any atom is 0.453 e. The Labute approximate surface area is 170 Å². The van der Waals surface area contributed by atoms with Gasteiger partial charge in [-0.2, -0.15) is 27.8 Å². The fourth-order valence-corrected chi connectivity index (χ4v) is 3.18. The highest BCUT2D eigenvalue weighted by Crippen LogP contribution is 2.27. The molecular weight excluding hydrogens is 395 g/mol. The predicted molar refractivity (Wildman–Crippen MR) is 106 cm³/mol. The molecule has 0 amide bonds. The van der Waals surface area contributed by atoms with Crippen molar-refractivity contribution >= 4 is 11.6 Å². The van der Waals surface area contributed by atoms with E-state index >= 15 is 0 Å². The van der Waals surface area contributed by atoms with E-state index in [2.05, 4.69) is 25.5 Å². The molecule has 0 radical (unpaired) electrons. The summed E-state index contributed by atoms with van der Waals surface area (Å²) in [5.74, 6) is -0.769. The largest absolute Gasteiger partial charge is 0.453 e. The Balaban J connectivity index is 1.67. The minimum atomic E-state index is -4.64. The molecule has 4 aromatic rings. The van der Waals surface area contributed by atoms with Crippen molar-refractivity contribution in [1.82, 2.24) is 29.4 Å². The fraction of sp³-hybridized carbons (Fsp3) is 0.300. The van der Waals surface area contributed by atoms with Crippen LogP contribution in [0.5, 0.6) is 0 Å². The lowest BCUT2D eigenvalue weighted by atomic mass is 10.1. The monoisotopic (exact) mass is 415 g/mol. The number of anilines is 1. The van der Waals surface area contributed by atoms with Gasteiger partial charge in [-0.05, 0) is 25.0 Å². The van der Waals surface area contributed by atoms with E-state index in [-0.39, 0.29) is 11.7 Å². The van der Waals surface area contributed by atoms with Crippen LogP contribution in [0.2, 0.25) is 0 Å². The Kier molecular flexibility index (Phi) is 4.92. The number of nitrogens with one attached hydrogen (secondary N) is 1. The van der Waals surface area contributed by atoms with Gasteiger partial charge in [-0.1, -0.05) is 32.0 Å². The zero-order valence-corrected chi connectivity index (χ0v) is 16.6. The smallest absolute Gasteiger partial charge is 0.366 e. The molecule has 0 aliphatic heterocycles. The van der Waals surface area contributed by atoms with Gasteiger partial charge in [0.15, 0.2) is 0 Å². The van der Waals surface area contributed by atoms with Gasteiger partial charge < -0.3 is 5.32 Å². The lowest BCUT2D eigenvalue weighted by molar-refractivity contribution is -0.144. The normalized spacial score (nSPS) is 12.1. The van der Waals surface area contributed by atoms with E-state index < -0.39 is 12.0 Å². The van der Waals surface area contributed by atoms with Gasteiger partial charge in [0.1, 0.15) is 5.82 Å². The van der Waals surface area contributed by atoms with Crippen molar-refractivity contribution in [1.29, 1.82) is 0 Å². The van der Waals surface area contributed by atoms with Crippen LogP contribution < -0.4 is 5.32 Å².